The lowest BCUT2D eigenvalue weighted by Gasteiger charge is -2.44. The third kappa shape index (κ3) is 5.06. The first-order valence-electron chi connectivity index (χ1n) is 11.8. The summed E-state index contributed by atoms with van der Waals surface area (Å²) >= 11 is 0. The highest BCUT2D eigenvalue weighted by atomic mass is 16.3. The molecule has 3 nitrogen and oxygen atoms in total. The Morgan fingerprint density at radius 3 is 2.45 bits per heavy atom. The van der Waals surface area contributed by atoms with Gasteiger partial charge < -0.3 is 15.3 Å². The quantitative estimate of drug-likeness (QED) is 0.527. The second kappa shape index (κ2) is 9.49. The lowest BCUT2D eigenvalue weighted by Crippen LogP contribution is -2.36. The first kappa shape index (κ1) is 22.8. The molecule has 3 N–H and O–H groups in total. The van der Waals surface area contributed by atoms with Crippen LogP contribution in [0, 0.1) is 23.2 Å². The first-order chi connectivity index (χ1) is 13.7. The molecule has 0 radical (unpaired) electrons. The third-order valence-corrected chi connectivity index (χ3v) is 8.31. The van der Waals surface area contributed by atoms with Gasteiger partial charge in [-0.15, -0.1) is 0 Å². The highest BCUT2D eigenvalue weighted by molar-refractivity contribution is 5.29. The van der Waals surface area contributed by atoms with Crippen LogP contribution in [-0.4, -0.2) is 33.6 Å². The van der Waals surface area contributed by atoms with Crippen LogP contribution in [0.3, 0.4) is 0 Å². The molecule has 0 aromatic heterocycles. The minimum absolute atomic E-state index is 0.180. The van der Waals surface area contributed by atoms with E-state index in [9.17, 15) is 15.3 Å². The van der Waals surface area contributed by atoms with E-state index in [4.69, 9.17) is 0 Å². The topological polar surface area (TPSA) is 60.7 Å². The van der Waals surface area contributed by atoms with Crippen LogP contribution < -0.4 is 0 Å². The van der Waals surface area contributed by atoms with Crippen LogP contribution in [0.4, 0.5) is 0 Å². The van der Waals surface area contributed by atoms with Crippen molar-refractivity contribution in [2.24, 2.45) is 23.2 Å². The van der Waals surface area contributed by atoms with Gasteiger partial charge in [0.2, 0.25) is 0 Å². The molecule has 3 heteroatoms. The van der Waals surface area contributed by atoms with Crippen molar-refractivity contribution < 1.29 is 15.3 Å². The van der Waals surface area contributed by atoms with Crippen molar-refractivity contribution in [3.8, 4) is 0 Å². The van der Waals surface area contributed by atoms with Gasteiger partial charge in [0, 0.05) is 0 Å². The standard InChI is InChI=1S/C26H42O3/c1-17(7-5-8-18(2)27)22-12-13-23-21(9-6-14-26(22,23)4)11-10-20-15-24(28)19(3)25(29)16-20/h10-11,17-18,22-25,27-29H,3,5-9,12-16H2,1-2,4H3/t17-,18+,22+,23?,24+,25+,26+/m0/s1. The van der Waals surface area contributed by atoms with Gasteiger partial charge in [-0.2, -0.15) is 0 Å². The maximum absolute atomic E-state index is 10.1. The monoisotopic (exact) mass is 402 g/mol. The van der Waals surface area contributed by atoms with Gasteiger partial charge in [0.15, 0.2) is 0 Å². The van der Waals surface area contributed by atoms with E-state index in [-0.39, 0.29) is 6.10 Å². The average molecular weight is 403 g/mol. The Morgan fingerprint density at radius 2 is 1.79 bits per heavy atom. The van der Waals surface area contributed by atoms with Crippen molar-refractivity contribution in [1.29, 1.82) is 0 Å². The maximum atomic E-state index is 10.1. The number of rotatable bonds is 6. The van der Waals surface area contributed by atoms with Crippen LogP contribution in [0.5, 0.6) is 0 Å². The zero-order valence-corrected chi connectivity index (χ0v) is 18.7. The molecule has 164 valence electrons. The summed E-state index contributed by atoms with van der Waals surface area (Å²) in [7, 11) is 0. The fraction of sp³-hybridized carbons (Fsp3) is 0.769. The predicted octanol–water partition coefficient (Wildman–Crippen LogP) is 5.31. The molecule has 0 aliphatic heterocycles. The molecule has 0 aromatic carbocycles. The summed E-state index contributed by atoms with van der Waals surface area (Å²) in [6, 6.07) is 0. The van der Waals surface area contributed by atoms with Crippen molar-refractivity contribution in [2.45, 2.75) is 103 Å². The minimum Gasteiger partial charge on any atom is -0.393 e. The van der Waals surface area contributed by atoms with Gasteiger partial charge in [-0.25, -0.2) is 0 Å². The molecule has 3 saturated carbocycles. The molecule has 7 atom stereocenters. The van der Waals surface area contributed by atoms with Crippen LogP contribution in [0.25, 0.3) is 0 Å². The summed E-state index contributed by atoms with van der Waals surface area (Å²) in [4.78, 5) is 0. The molecular formula is C26H42O3. The molecule has 3 aliphatic rings. The molecule has 3 fully saturated rings. The minimum atomic E-state index is -0.613. The number of hydrogen-bond donors (Lipinski definition) is 3. The second-order valence-corrected chi connectivity index (χ2v) is 10.4. The van der Waals surface area contributed by atoms with Gasteiger partial charge in [-0.3, -0.25) is 0 Å². The summed E-state index contributed by atoms with van der Waals surface area (Å²) in [5, 5.41) is 29.8. The molecule has 0 heterocycles. The summed E-state index contributed by atoms with van der Waals surface area (Å²) in [6.07, 6.45) is 14.0. The van der Waals surface area contributed by atoms with E-state index in [1.807, 2.05) is 6.92 Å². The highest BCUT2D eigenvalue weighted by Gasteiger charge is 2.50. The number of fused-ring (bicyclic) bond motifs is 1. The van der Waals surface area contributed by atoms with Crippen LogP contribution in [0.15, 0.2) is 35.5 Å². The summed E-state index contributed by atoms with van der Waals surface area (Å²) in [5.41, 5.74) is 3.67. The van der Waals surface area contributed by atoms with Gasteiger partial charge in [0.1, 0.15) is 0 Å². The summed E-state index contributed by atoms with van der Waals surface area (Å²) < 4.78 is 0. The van der Waals surface area contributed by atoms with Crippen LogP contribution in [0.1, 0.15) is 85.0 Å². The molecule has 3 aliphatic carbocycles. The Kier molecular flexibility index (Phi) is 7.46. The lowest BCUT2D eigenvalue weighted by molar-refractivity contribution is 0.0907. The molecule has 0 amide bonds. The summed E-state index contributed by atoms with van der Waals surface area (Å²) in [6.45, 7) is 10.7. The van der Waals surface area contributed by atoms with Crippen LogP contribution >= 0.6 is 0 Å². The fourth-order valence-corrected chi connectivity index (χ4v) is 6.58. The molecular weight excluding hydrogens is 360 g/mol. The Hall–Kier alpha value is -0.900. The number of allylic oxidation sites excluding steroid dienone is 3. The van der Waals surface area contributed by atoms with Crippen molar-refractivity contribution in [3.05, 3.63) is 35.5 Å². The fourth-order valence-electron chi connectivity index (χ4n) is 6.58. The van der Waals surface area contributed by atoms with Gasteiger partial charge in [0.25, 0.3) is 0 Å². The van der Waals surface area contributed by atoms with E-state index in [1.165, 1.54) is 38.5 Å². The molecule has 3 rings (SSSR count). The highest BCUT2D eigenvalue weighted by Crippen LogP contribution is 2.59. The first-order valence-corrected chi connectivity index (χ1v) is 11.8. The zero-order valence-electron chi connectivity index (χ0n) is 18.7. The maximum Gasteiger partial charge on any atom is 0.0809 e. The van der Waals surface area contributed by atoms with Crippen molar-refractivity contribution >= 4 is 0 Å². The average Bonchev–Trinajstić information content (AvgIpc) is 3.01. The van der Waals surface area contributed by atoms with Gasteiger partial charge in [-0.1, -0.05) is 56.6 Å². The third-order valence-electron chi connectivity index (χ3n) is 8.31. The molecule has 0 bridgehead atoms. The van der Waals surface area contributed by atoms with E-state index in [0.717, 1.165) is 30.3 Å². The molecule has 0 spiro atoms. The number of hydrogen-bond acceptors (Lipinski definition) is 3. The molecule has 0 saturated heterocycles. The number of aliphatic hydroxyl groups excluding tert-OH is 3. The summed E-state index contributed by atoms with van der Waals surface area (Å²) in [5.74, 6) is 2.17. The second-order valence-electron chi connectivity index (χ2n) is 10.4. The van der Waals surface area contributed by atoms with Crippen molar-refractivity contribution in [2.75, 3.05) is 0 Å². The number of aliphatic hydroxyl groups is 3. The van der Waals surface area contributed by atoms with Crippen LogP contribution in [-0.2, 0) is 0 Å². The smallest absolute Gasteiger partial charge is 0.0809 e. The van der Waals surface area contributed by atoms with E-state index < -0.39 is 12.2 Å². The van der Waals surface area contributed by atoms with Crippen molar-refractivity contribution in [1.82, 2.24) is 0 Å². The van der Waals surface area contributed by atoms with E-state index in [0.29, 0.717) is 29.7 Å². The van der Waals surface area contributed by atoms with Crippen LogP contribution in [0.2, 0.25) is 0 Å². The Morgan fingerprint density at radius 1 is 1.10 bits per heavy atom. The zero-order chi connectivity index (χ0) is 21.2. The van der Waals surface area contributed by atoms with E-state index in [2.05, 4.69) is 32.6 Å². The van der Waals surface area contributed by atoms with Gasteiger partial charge in [0.05, 0.1) is 18.3 Å². The SMILES string of the molecule is C=C1[C@H](O)CC(=CC=C2CCC[C@@]3(C)C2CC[C@@H]3[C@@H](C)CCC[C@@H](C)O)C[C@H]1O. The predicted molar refractivity (Wildman–Crippen MR) is 119 cm³/mol. The largest absolute Gasteiger partial charge is 0.393 e. The van der Waals surface area contributed by atoms with E-state index in [1.54, 1.807) is 5.57 Å². The molecule has 1 unspecified atom stereocenters. The van der Waals surface area contributed by atoms with Gasteiger partial charge in [-0.05, 0) is 87.0 Å². The Balaban J connectivity index is 1.68. The molecule has 29 heavy (non-hydrogen) atoms. The molecule has 0 aromatic rings. The van der Waals surface area contributed by atoms with Gasteiger partial charge >= 0.3 is 0 Å². The lowest BCUT2D eigenvalue weighted by atomic mass is 9.60. The van der Waals surface area contributed by atoms with E-state index >= 15 is 0 Å². The normalized spacial score (nSPS) is 38.8. The Labute approximate surface area is 177 Å². The Bertz CT molecular complexity index is 630. The van der Waals surface area contributed by atoms with Crippen molar-refractivity contribution in [3.63, 3.8) is 0 Å².